The van der Waals surface area contributed by atoms with Gasteiger partial charge in [0.05, 0.1) is 6.61 Å². The Kier molecular flexibility index (Phi) is 5.01. The SMILES string of the molecule is CCCOc1cccc(NC(=O)OC(C)(C)C)c1. The minimum atomic E-state index is -0.500. The minimum Gasteiger partial charge on any atom is -0.494 e. The molecule has 0 radical (unpaired) electrons. The molecule has 0 spiro atoms. The lowest BCUT2D eigenvalue weighted by Crippen LogP contribution is -2.27. The van der Waals surface area contributed by atoms with Gasteiger partial charge in [0.1, 0.15) is 11.4 Å². The van der Waals surface area contributed by atoms with Gasteiger partial charge in [-0.05, 0) is 39.3 Å². The van der Waals surface area contributed by atoms with Gasteiger partial charge in [0.15, 0.2) is 0 Å². The van der Waals surface area contributed by atoms with Crippen LogP contribution in [0.25, 0.3) is 0 Å². The number of carbonyl (C=O) groups excluding carboxylic acids is 1. The number of benzene rings is 1. The van der Waals surface area contributed by atoms with Gasteiger partial charge in [-0.1, -0.05) is 13.0 Å². The maximum absolute atomic E-state index is 11.6. The van der Waals surface area contributed by atoms with Crippen molar-refractivity contribution in [2.24, 2.45) is 0 Å². The number of anilines is 1. The third kappa shape index (κ3) is 5.57. The van der Waals surface area contributed by atoms with E-state index >= 15 is 0 Å². The summed E-state index contributed by atoms with van der Waals surface area (Å²) >= 11 is 0. The van der Waals surface area contributed by atoms with Crippen LogP contribution in [0.5, 0.6) is 5.75 Å². The summed E-state index contributed by atoms with van der Waals surface area (Å²) < 4.78 is 10.7. The third-order valence-corrected chi connectivity index (χ3v) is 1.95. The first-order valence-electron chi connectivity index (χ1n) is 6.13. The highest BCUT2D eigenvalue weighted by molar-refractivity contribution is 5.85. The molecule has 1 amide bonds. The Hall–Kier alpha value is -1.71. The van der Waals surface area contributed by atoms with E-state index in [1.54, 1.807) is 12.1 Å². The molecule has 0 atom stereocenters. The van der Waals surface area contributed by atoms with Crippen molar-refractivity contribution < 1.29 is 14.3 Å². The van der Waals surface area contributed by atoms with Crippen LogP contribution >= 0.6 is 0 Å². The van der Waals surface area contributed by atoms with Crippen LogP contribution in [0, 0.1) is 0 Å². The highest BCUT2D eigenvalue weighted by atomic mass is 16.6. The number of hydrogen-bond acceptors (Lipinski definition) is 3. The van der Waals surface area contributed by atoms with Crippen molar-refractivity contribution in [2.75, 3.05) is 11.9 Å². The Morgan fingerprint density at radius 1 is 1.33 bits per heavy atom. The number of nitrogens with one attached hydrogen (secondary N) is 1. The summed E-state index contributed by atoms with van der Waals surface area (Å²) in [4.78, 5) is 11.6. The molecular formula is C14H21NO3. The number of carbonyl (C=O) groups is 1. The van der Waals surface area contributed by atoms with Crippen molar-refractivity contribution in [1.29, 1.82) is 0 Å². The first-order valence-corrected chi connectivity index (χ1v) is 6.13. The second-order valence-corrected chi connectivity index (χ2v) is 5.00. The molecule has 0 aliphatic carbocycles. The van der Waals surface area contributed by atoms with Crippen molar-refractivity contribution in [3.05, 3.63) is 24.3 Å². The molecule has 0 aliphatic rings. The van der Waals surface area contributed by atoms with Gasteiger partial charge in [0, 0.05) is 11.8 Å². The van der Waals surface area contributed by atoms with Gasteiger partial charge < -0.3 is 9.47 Å². The van der Waals surface area contributed by atoms with Gasteiger partial charge in [-0.2, -0.15) is 0 Å². The molecule has 0 unspecified atom stereocenters. The summed E-state index contributed by atoms with van der Waals surface area (Å²) in [5, 5.41) is 2.67. The van der Waals surface area contributed by atoms with Crippen LogP contribution in [0.3, 0.4) is 0 Å². The first kappa shape index (κ1) is 14.4. The fraction of sp³-hybridized carbons (Fsp3) is 0.500. The van der Waals surface area contributed by atoms with Gasteiger partial charge in [0.2, 0.25) is 0 Å². The van der Waals surface area contributed by atoms with E-state index in [0.717, 1.165) is 12.2 Å². The predicted octanol–water partition coefficient (Wildman–Crippen LogP) is 3.82. The Morgan fingerprint density at radius 2 is 2.06 bits per heavy atom. The molecule has 1 N–H and O–H groups in total. The Labute approximate surface area is 108 Å². The van der Waals surface area contributed by atoms with Crippen LogP contribution in [0.1, 0.15) is 34.1 Å². The molecule has 0 heterocycles. The molecule has 100 valence electrons. The van der Waals surface area contributed by atoms with Crippen LogP contribution in [-0.2, 0) is 4.74 Å². The molecule has 0 saturated carbocycles. The summed E-state index contributed by atoms with van der Waals surface area (Å²) in [5.41, 5.74) is 0.165. The monoisotopic (exact) mass is 251 g/mol. The largest absolute Gasteiger partial charge is 0.494 e. The molecule has 18 heavy (non-hydrogen) atoms. The predicted molar refractivity (Wildman–Crippen MR) is 72.1 cm³/mol. The van der Waals surface area contributed by atoms with Gasteiger partial charge in [-0.3, -0.25) is 5.32 Å². The molecule has 1 aromatic carbocycles. The van der Waals surface area contributed by atoms with E-state index in [9.17, 15) is 4.79 Å². The Morgan fingerprint density at radius 3 is 2.67 bits per heavy atom. The molecule has 0 bridgehead atoms. The molecule has 0 aliphatic heterocycles. The average molecular weight is 251 g/mol. The highest BCUT2D eigenvalue weighted by Gasteiger charge is 2.16. The van der Waals surface area contributed by atoms with Crippen LogP contribution in [0.2, 0.25) is 0 Å². The van der Waals surface area contributed by atoms with Crippen molar-refractivity contribution in [1.82, 2.24) is 0 Å². The smallest absolute Gasteiger partial charge is 0.412 e. The van der Waals surface area contributed by atoms with E-state index in [1.807, 2.05) is 39.8 Å². The molecule has 0 aromatic heterocycles. The molecule has 0 fully saturated rings. The maximum Gasteiger partial charge on any atom is 0.412 e. The van der Waals surface area contributed by atoms with E-state index in [-0.39, 0.29) is 0 Å². The van der Waals surface area contributed by atoms with Crippen molar-refractivity contribution >= 4 is 11.8 Å². The number of amides is 1. The van der Waals surface area contributed by atoms with E-state index in [4.69, 9.17) is 9.47 Å². The fourth-order valence-corrected chi connectivity index (χ4v) is 1.31. The van der Waals surface area contributed by atoms with Crippen molar-refractivity contribution in [2.45, 2.75) is 39.7 Å². The second kappa shape index (κ2) is 6.28. The highest BCUT2D eigenvalue weighted by Crippen LogP contribution is 2.18. The third-order valence-electron chi connectivity index (χ3n) is 1.95. The summed E-state index contributed by atoms with van der Waals surface area (Å²) in [6, 6.07) is 7.26. The van der Waals surface area contributed by atoms with Crippen LogP contribution < -0.4 is 10.1 Å². The van der Waals surface area contributed by atoms with Gasteiger partial charge in [-0.25, -0.2) is 4.79 Å². The minimum absolute atomic E-state index is 0.463. The summed E-state index contributed by atoms with van der Waals surface area (Å²) in [5.74, 6) is 0.741. The zero-order valence-corrected chi connectivity index (χ0v) is 11.4. The van der Waals surface area contributed by atoms with Gasteiger partial charge >= 0.3 is 6.09 Å². The van der Waals surface area contributed by atoms with Gasteiger partial charge in [0.25, 0.3) is 0 Å². The average Bonchev–Trinajstić information content (AvgIpc) is 2.24. The zero-order valence-electron chi connectivity index (χ0n) is 11.4. The van der Waals surface area contributed by atoms with E-state index in [0.29, 0.717) is 12.3 Å². The number of rotatable bonds is 4. The summed E-state index contributed by atoms with van der Waals surface area (Å²) in [7, 11) is 0. The lowest BCUT2D eigenvalue weighted by molar-refractivity contribution is 0.0636. The Bertz CT molecular complexity index is 396. The van der Waals surface area contributed by atoms with Crippen molar-refractivity contribution in [3.8, 4) is 5.75 Å². The Balaban J connectivity index is 2.59. The molecule has 1 rings (SSSR count). The normalized spacial score (nSPS) is 10.9. The molecule has 4 nitrogen and oxygen atoms in total. The lowest BCUT2D eigenvalue weighted by atomic mass is 10.2. The molecule has 4 heteroatoms. The molecule has 1 aromatic rings. The summed E-state index contributed by atoms with van der Waals surface area (Å²) in [6.07, 6.45) is 0.485. The summed E-state index contributed by atoms with van der Waals surface area (Å²) in [6.45, 7) is 8.19. The quantitative estimate of drug-likeness (QED) is 0.884. The van der Waals surface area contributed by atoms with E-state index in [2.05, 4.69) is 5.32 Å². The topological polar surface area (TPSA) is 47.6 Å². The van der Waals surface area contributed by atoms with Crippen molar-refractivity contribution in [3.63, 3.8) is 0 Å². The lowest BCUT2D eigenvalue weighted by Gasteiger charge is -2.19. The number of hydrogen-bond donors (Lipinski definition) is 1. The maximum atomic E-state index is 11.6. The molecule has 0 saturated heterocycles. The van der Waals surface area contributed by atoms with E-state index in [1.165, 1.54) is 0 Å². The van der Waals surface area contributed by atoms with Gasteiger partial charge in [-0.15, -0.1) is 0 Å². The standard InChI is InChI=1S/C14H21NO3/c1-5-9-17-12-8-6-7-11(10-12)15-13(16)18-14(2,3)4/h6-8,10H,5,9H2,1-4H3,(H,15,16). The molecular weight excluding hydrogens is 230 g/mol. The zero-order chi connectivity index (χ0) is 13.6. The number of ether oxygens (including phenoxy) is 2. The fourth-order valence-electron chi connectivity index (χ4n) is 1.31. The van der Waals surface area contributed by atoms with Crippen LogP contribution in [-0.4, -0.2) is 18.3 Å². The van der Waals surface area contributed by atoms with E-state index < -0.39 is 11.7 Å². The first-order chi connectivity index (χ1) is 8.40. The van der Waals surface area contributed by atoms with Crippen LogP contribution in [0.4, 0.5) is 10.5 Å². The van der Waals surface area contributed by atoms with Crippen LogP contribution in [0.15, 0.2) is 24.3 Å². The second-order valence-electron chi connectivity index (χ2n) is 5.00.